The van der Waals surface area contributed by atoms with Crippen molar-refractivity contribution >= 4 is 63.1 Å². The van der Waals surface area contributed by atoms with Crippen LogP contribution >= 0.6 is 23.4 Å². The quantitative estimate of drug-likeness (QED) is 0.267. The number of nitrogens with one attached hydrogen (secondary N) is 1. The van der Waals surface area contributed by atoms with Gasteiger partial charge in [-0.15, -0.1) is 0 Å². The smallest absolute Gasteiger partial charge is 0.294 e. The number of anilines is 1. The van der Waals surface area contributed by atoms with Crippen LogP contribution in [0, 0.1) is 20.8 Å². The molecule has 1 saturated heterocycles. The lowest BCUT2D eigenvalue weighted by molar-refractivity contribution is -0.127. The number of carbonyl (C=O) groups is 3. The molecular weight excluding hydrogens is 518 g/mol. The van der Waals surface area contributed by atoms with E-state index in [1.807, 2.05) is 87.6 Å². The lowest BCUT2D eigenvalue weighted by atomic mass is 10.1. The third-order valence-electron chi connectivity index (χ3n) is 6.49. The molecule has 1 fully saturated rings. The second-order valence-corrected chi connectivity index (χ2v) is 10.9. The van der Waals surface area contributed by atoms with E-state index in [0.29, 0.717) is 22.2 Å². The molecule has 2 heterocycles. The number of carbonyl (C=O) groups excluding carboxylic acids is 3. The van der Waals surface area contributed by atoms with Crippen molar-refractivity contribution in [1.29, 1.82) is 0 Å². The Kier molecular flexibility index (Phi) is 7.15. The topological polar surface area (TPSA) is 71.4 Å². The molecule has 3 aromatic carbocycles. The standard InChI is InChI=1S/C30H26ClN3O3S/c1-18-12-19(2)28(20(3)13-18)32-27(35)17-34-29(36)26(38-30(34)37)14-22-16-33(25-7-5-4-6-24(22)25)15-21-8-10-23(31)11-9-21/h4-14,16H,15,17H2,1-3H3,(H,32,35)/b26-14-. The number of nitrogens with zero attached hydrogens (tertiary/aromatic N) is 2. The first kappa shape index (κ1) is 25.8. The third-order valence-corrected chi connectivity index (χ3v) is 7.65. The number of aromatic nitrogens is 1. The van der Waals surface area contributed by atoms with Crippen LogP contribution < -0.4 is 5.32 Å². The summed E-state index contributed by atoms with van der Waals surface area (Å²) in [5.41, 5.74) is 6.60. The van der Waals surface area contributed by atoms with E-state index in [1.165, 1.54) is 0 Å². The molecule has 0 bridgehead atoms. The van der Waals surface area contributed by atoms with Gasteiger partial charge in [0.15, 0.2) is 0 Å². The Morgan fingerprint density at radius 1 is 1.00 bits per heavy atom. The van der Waals surface area contributed by atoms with Crippen LogP contribution in [0.1, 0.15) is 27.8 Å². The van der Waals surface area contributed by atoms with E-state index in [0.717, 1.165) is 55.4 Å². The number of hydrogen-bond acceptors (Lipinski definition) is 4. The zero-order chi connectivity index (χ0) is 27.0. The second kappa shape index (κ2) is 10.5. The Morgan fingerprint density at radius 3 is 2.39 bits per heavy atom. The fourth-order valence-electron chi connectivity index (χ4n) is 4.78. The first-order valence-corrected chi connectivity index (χ1v) is 13.3. The molecule has 0 radical (unpaired) electrons. The van der Waals surface area contributed by atoms with Crippen LogP contribution in [-0.4, -0.2) is 33.1 Å². The Morgan fingerprint density at radius 2 is 1.68 bits per heavy atom. The van der Waals surface area contributed by atoms with Crippen LogP contribution in [-0.2, 0) is 16.1 Å². The van der Waals surface area contributed by atoms with E-state index in [-0.39, 0.29) is 6.54 Å². The minimum atomic E-state index is -0.470. The second-order valence-electron chi connectivity index (χ2n) is 9.45. The first-order valence-electron chi connectivity index (χ1n) is 12.1. The molecule has 0 saturated carbocycles. The average Bonchev–Trinajstić information content (AvgIpc) is 3.34. The van der Waals surface area contributed by atoms with Crippen molar-refractivity contribution in [3.8, 4) is 0 Å². The molecule has 38 heavy (non-hydrogen) atoms. The predicted octanol–water partition coefficient (Wildman–Crippen LogP) is 6.94. The summed E-state index contributed by atoms with van der Waals surface area (Å²) in [4.78, 5) is 40.0. The van der Waals surface area contributed by atoms with Gasteiger partial charge < -0.3 is 9.88 Å². The molecule has 0 spiro atoms. The van der Waals surface area contributed by atoms with E-state index < -0.39 is 17.1 Å². The van der Waals surface area contributed by atoms with Crippen LogP contribution in [0.3, 0.4) is 0 Å². The van der Waals surface area contributed by atoms with Crippen molar-refractivity contribution in [3.05, 3.63) is 105 Å². The van der Waals surface area contributed by atoms with Gasteiger partial charge in [-0.25, -0.2) is 0 Å². The number of rotatable bonds is 6. The summed E-state index contributed by atoms with van der Waals surface area (Å²) in [7, 11) is 0. The molecule has 0 atom stereocenters. The first-order chi connectivity index (χ1) is 18.2. The molecule has 8 heteroatoms. The van der Waals surface area contributed by atoms with Crippen molar-refractivity contribution in [3.63, 3.8) is 0 Å². The lowest BCUT2D eigenvalue weighted by Crippen LogP contribution is -2.36. The molecule has 0 unspecified atom stereocenters. The van der Waals surface area contributed by atoms with E-state index in [1.54, 1.807) is 6.08 Å². The summed E-state index contributed by atoms with van der Waals surface area (Å²) in [5, 5.41) is 4.06. The predicted molar refractivity (Wildman–Crippen MR) is 154 cm³/mol. The Balaban J connectivity index is 1.37. The van der Waals surface area contributed by atoms with Crippen LogP contribution in [0.2, 0.25) is 5.02 Å². The van der Waals surface area contributed by atoms with Crippen molar-refractivity contribution < 1.29 is 14.4 Å². The highest BCUT2D eigenvalue weighted by atomic mass is 35.5. The van der Waals surface area contributed by atoms with Gasteiger partial charge in [-0.1, -0.05) is 59.6 Å². The van der Waals surface area contributed by atoms with Gasteiger partial charge in [0.25, 0.3) is 11.1 Å². The van der Waals surface area contributed by atoms with Crippen molar-refractivity contribution in [2.24, 2.45) is 0 Å². The minimum Gasteiger partial charge on any atom is -0.342 e. The number of benzene rings is 3. The zero-order valence-electron chi connectivity index (χ0n) is 21.2. The van der Waals surface area contributed by atoms with Crippen molar-refractivity contribution in [2.75, 3.05) is 11.9 Å². The molecule has 0 aliphatic carbocycles. The van der Waals surface area contributed by atoms with Gasteiger partial charge in [0.05, 0.1) is 4.91 Å². The Labute approximate surface area is 230 Å². The minimum absolute atomic E-state index is 0.292. The number of halogens is 1. The molecule has 1 aromatic heterocycles. The number of amides is 3. The maximum atomic E-state index is 13.2. The number of fused-ring (bicyclic) bond motifs is 1. The van der Waals surface area contributed by atoms with Crippen LogP contribution in [0.4, 0.5) is 10.5 Å². The van der Waals surface area contributed by atoms with Crippen LogP contribution in [0.5, 0.6) is 0 Å². The number of para-hydroxylation sites is 1. The highest BCUT2D eigenvalue weighted by Gasteiger charge is 2.36. The molecule has 4 aromatic rings. The van der Waals surface area contributed by atoms with E-state index in [2.05, 4.69) is 9.88 Å². The highest BCUT2D eigenvalue weighted by molar-refractivity contribution is 8.18. The molecule has 6 nitrogen and oxygen atoms in total. The largest absolute Gasteiger partial charge is 0.342 e. The number of thioether (sulfide) groups is 1. The van der Waals surface area contributed by atoms with Gasteiger partial charge in [-0.05, 0) is 73.5 Å². The SMILES string of the molecule is Cc1cc(C)c(NC(=O)CN2C(=O)S/C(=C\c3cn(Cc4ccc(Cl)cc4)c4ccccc34)C2=O)c(C)c1. The van der Waals surface area contributed by atoms with E-state index in [9.17, 15) is 14.4 Å². The average molecular weight is 544 g/mol. The van der Waals surface area contributed by atoms with Crippen LogP contribution in [0.15, 0.2) is 71.8 Å². The molecular formula is C30H26ClN3O3S. The van der Waals surface area contributed by atoms with Gasteiger partial charge >= 0.3 is 0 Å². The summed E-state index contributed by atoms with van der Waals surface area (Å²) in [6.07, 6.45) is 3.71. The van der Waals surface area contributed by atoms with E-state index >= 15 is 0 Å². The highest BCUT2D eigenvalue weighted by Crippen LogP contribution is 2.34. The lowest BCUT2D eigenvalue weighted by Gasteiger charge is -2.15. The summed E-state index contributed by atoms with van der Waals surface area (Å²) < 4.78 is 2.11. The Hall–Kier alpha value is -3.81. The number of imide groups is 1. The number of hydrogen-bond donors (Lipinski definition) is 1. The van der Waals surface area contributed by atoms with Crippen LogP contribution in [0.25, 0.3) is 17.0 Å². The summed E-state index contributed by atoms with van der Waals surface area (Å²) >= 11 is 6.88. The monoisotopic (exact) mass is 543 g/mol. The van der Waals surface area contributed by atoms with Gasteiger partial charge in [-0.2, -0.15) is 0 Å². The fraction of sp³-hybridized carbons (Fsp3) is 0.167. The van der Waals surface area contributed by atoms with Gasteiger partial charge in [0.2, 0.25) is 5.91 Å². The van der Waals surface area contributed by atoms with E-state index in [4.69, 9.17) is 11.6 Å². The normalized spacial score (nSPS) is 14.6. The maximum absolute atomic E-state index is 13.2. The molecule has 1 aliphatic rings. The number of aryl methyl sites for hydroxylation is 3. The van der Waals surface area contributed by atoms with Gasteiger partial charge in [-0.3, -0.25) is 19.3 Å². The summed E-state index contributed by atoms with van der Waals surface area (Å²) in [6, 6.07) is 19.6. The molecule has 192 valence electrons. The van der Waals surface area contributed by atoms with Gasteiger partial charge in [0, 0.05) is 39.9 Å². The van der Waals surface area contributed by atoms with Crippen molar-refractivity contribution in [2.45, 2.75) is 27.3 Å². The zero-order valence-corrected chi connectivity index (χ0v) is 22.8. The Bertz CT molecular complexity index is 1600. The summed E-state index contributed by atoms with van der Waals surface area (Å²) in [6.45, 7) is 6.12. The molecule has 3 amide bonds. The molecule has 5 rings (SSSR count). The third kappa shape index (κ3) is 5.26. The van der Waals surface area contributed by atoms with Gasteiger partial charge in [0.1, 0.15) is 6.54 Å². The molecule has 1 N–H and O–H groups in total. The maximum Gasteiger partial charge on any atom is 0.294 e. The summed E-state index contributed by atoms with van der Waals surface area (Å²) in [5.74, 6) is -0.884. The molecule has 1 aliphatic heterocycles. The fourth-order valence-corrected chi connectivity index (χ4v) is 5.74. The van der Waals surface area contributed by atoms with Crippen molar-refractivity contribution in [1.82, 2.24) is 9.47 Å².